The Kier molecular flexibility index (Phi) is 34.7. The zero-order chi connectivity index (χ0) is 60.1. The zero-order valence-electron chi connectivity index (χ0n) is 50.7. The van der Waals surface area contributed by atoms with Crippen LogP contribution in [-0.4, -0.2) is 170 Å². The Hall–Kier alpha value is -6.85. The molecule has 0 spiro atoms. The van der Waals surface area contributed by atoms with Crippen molar-refractivity contribution in [2.24, 2.45) is 5.73 Å². The molecule has 87 heavy (non-hydrogen) atoms. The highest BCUT2D eigenvalue weighted by atomic mass is 35.5. The van der Waals surface area contributed by atoms with Gasteiger partial charge in [0.1, 0.15) is 13.2 Å². The van der Waals surface area contributed by atoms with Crippen molar-refractivity contribution in [3.8, 4) is 11.5 Å². The van der Waals surface area contributed by atoms with Gasteiger partial charge < -0.3 is 61.3 Å². The molecule has 0 saturated heterocycles. The summed E-state index contributed by atoms with van der Waals surface area (Å²) in [6.07, 6.45) is 2.45. The standard InChI is InChI=1S/C64H85N9O11.3ClH/c1-45-47(3)53-21-19-51(45)59(74)67-27-32-72(33-28-68-60(75)52-20-22-54(48(4)46(52)2)62(77)70-31-36-73(35-30-69-61(53)76)37-38-81-41-42-82-40-39-80-5)34-29-71-64(79)56-24-23-55(63(78)66-26-14-8-13-25-65)57(83-43-49-15-9-6-10-16-49)58(56)84-44-50-17-11-7-12-18-50;;;/h6-7,9-12,15-24H,8,13-14,25-44,65H2,1-5H3,(H,66,78)(H,67,74)(H,68,75)(H,69,76)(H,70,77)(H,71,79);3*1H. The Morgan fingerprint density at radius 2 is 0.839 bits per heavy atom. The Bertz CT molecular complexity index is 2870. The van der Waals surface area contributed by atoms with E-state index in [0.717, 1.165) is 30.4 Å². The van der Waals surface area contributed by atoms with Crippen molar-refractivity contribution in [1.82, 2.24) is 41.7 Å². The molecule has 0 saturated carbocycles. The first-order valence-corrected chi connectivity index (χ1v) is 29.0. The summed E-state index contributed by atoms with van der Waals surface area (Å²) in [5, 5.41) is 18.2. The number of nitrogens with two attached hydrogens (primary N) is 1. The minimum Gasteiger partial charge on any atom is -0.484 e. The van der Waals surface area contributed by atoms with E-state index in [1.54, 1.807) is 43.5 Å². The van der Waals surface area contributed by atoms with Crippen molar-refractivity contribution >= 4 is 72.7 Å². The average Bonchev–Trinajstić information content (AvgIpc) is 3.66. The number of carbonyl (C=O) groups excluding carboxylic acids is 6. The molecular weight excluding hydrogens is 1180 g/mol. The number of benzene rings is 5. The number of methoxy groups -OCH3 is 1. The average molecular weight is 1270 g/mol. The van der Waals surface area contributed by atoms with E-state index in [2.05, 4.69) is 36.8 Å². The Morgan fingerprint density at radius 1 is 0.471 bits per heavy atom. The molecule has 9 rings (SSSR count). The minimum absolute atomic E-state index is 0. The van der Waals surface area contributed by atoms with Crippen molar-refractivity contribution < 1.29 is 52.5 Å². The molecule has 0 aliphatic carbocycles. The van der Waals surface area contributed by atoms with Crippen LogP contribution in [0.5, 0.6) is 11.5 Å². The third-order valence-corrected chi connectivity index (χ3v) is 14.7. The van der Waals surface area contributed by atoms with Gasteiger partial charge >= 0.3 is 0 Å². The fourth-order valence-corrected chi connectivity index (χ4v) is 9.48. The van der Waals surface area contributed by atoms with Crippen LogP contribution in [0.3, 0.4) is 0 Å². The van der Waals surface area contributed by atoms with Gasteiger partial charge in [-0.15, -0.1) is 37.2 Å². The molecule has 4 heterocycles. The Balaban J connectivity index is 0.00000660. The molecule has 5 aromatic rings. The number of halogens is 3. The molecule has 6 amide bonds. The lowest BCUT2D eigenvalue weighted by molar-refractivity contribution is 0.0196. The number of hydrogen-bond acceptors (Lipinski definition) is 14. The van der Waals surface area contributed by atoms with Crippen molar-refractivity contribution in [1.29, 1.82) is 0 Å². The van der Waals surface area contributed by atoms with Crippen LogP contribution in [0.2, 0.25) is 0 Å². The van der Waals surface area contributed by atoms with E-state index >= 15 is 0 Å². The number of ether oxygens (including phenoxy) is 5. The number of rotatable bonds is 25. The lowest BCUT2D eigenvalue weighted by Crippen LogP contribution is -2.43. The summed E-state index contributed by atoms with van der Waals surface area (Å²) >= 11 is 0. The summed E-state index contributed by atoms with van der Waals surface area (Å²) in [6, 6.07) is 28.7. The van der Waals surface area contributed by atoms with Crippen LogP contribution in [-0.2, 0) is 27.4 Å². The fraction of sp³-hybridized carbons (Fsp3) is 0.438. The lowest BCUT2D eigenvalue weighted by atomic mass is 9.97. The summed E-state index contributed by atoms with van der Waals surface area (Å²) in [7, 11) is 1.62. The molecule has 0 unspecified atom stereocenters. The number of amides is 6. The lowest BCUT2D eigenvalue weighted by Gasteiger charge is -2.24. The SMILES string of the molecule is COCCOCCOCCN1CCNC(=O)c2ccc(c(C)c2C)C(=O)NCCN(CCNC(=O)c2ccc(C(=O)NCCCCCN)c(OCc3ccccc3)c2OCc2ccccc2)CCNC(=O)c2ccc(c(C)c2C)C(=O)NCC1.Cl.Cl.Cl. The van der Waals surface area contributed by atoms with E-state index in [1.807, 2.05) is 93.3 Å². The number of carbonyl (C=O) groups is 6. The maximum Gasteiger partial charge on any atom is 0.255 e. The first-order chi connectivity index (χ1) is 40.8. The van der Waals surface area contributed by atoms with E-state index in [0.29, 0.717) is 143 Å². The number of unbranched alkanes of at least 4 members (excludes halogenated alkanes) is 2. The first kappa shape index (κ1) is 74.4. The van der Waals surface area contributed by atoms with E-state index in [-0.39, 0.29) is 122 Å². The van der Waals surface area contributed by atoms with Gasteiger partial charge in [0.25, 0.3) is 35.4 Å². The van der Waals surface area contributed by atoms with Gasteiger partial charge in [-0.3, -0.25) is 38.6 Å². The molecule has 4 bridgehead atoms. The molecule has 0 aromatic heterocycles. The Morgan fingerprint density at radius 3 is 1.23 bits per heavy atom. The molecule has 4 aliphatic heterocycles. The highest BCUT2D eigenvalue weighted by molar-refractivity contribution is 6.04. The van der Waals surface area contributed by atoms with Gasteiger partial charge in [0, 0.05) is 108 Å². The van der Waals surface area contributed by atoms with Crippen LogP contribution >= 0.6 is 37.2 Å². The number of nitrogens with one attached hydrogen (secondary N) is 6. The molecule has 0 atom stereocenters. The highest BCUT2D eigenvalue weighted by Gasteiger charge is 2.26. The monoisotopic (exact) mass is 1260 g/mol. The molecule has 20 nitrogen and oxygen atoms in total. The molecule has 4 aliphatic rings. The van der Waals surface area contributed by atoms with E-state index in [9.17, 15) is 28.8 Å². The second kappa shape index (κ2) is 40.6. The normalized spacial score (nSPS) is 13.8. The first-order valence-electron chi connectivity index (χ1n) is 29.0. The summed E-state index contributed by atoms with van der Waals surface area (Å²) < 4.78 is 29.3. The smallest absolute Gasteiger partial charge is 0.255 e. The van der Waals surface area contributed by atoms with Crippen LogP contribution in [0.1, 0.15) is 115 Å². The van der Waals surface area contributed by atoms with Gasteiger partial charge in [-0.1, -0.05) is 67.1 Å². The van der Waals surface area contributed by atoms with Crippen LogP contribution in [0.15, 0.2) is 97.1 Å². The van der Waals surface area contributed by atoms with Gasteiger partial charge in [-0.2, -0.15) is 0 Å². The molecule has 0 radical (unpaired) electrons. The molecule has 0 fully saturated rings. The maximum absolute atomic E-state index is 14.4. The van der Waals surface area contributed by atoms with Crippen LogP contribution in [0.4, 0.5) is 0 Å². The van der Waals surface area contributed by atoms with E-state index in [1.165, 1.54) is 0 Å². The van der Waals surface area contributed by atoms with Crippen LogP contribution < -0.4 is 47.1 Å². The maximum atomic E-state index is 14.4. The van der Waals surface area contributed by atoms with Gasteiger partial charge in [0.2, 0.25) is 0 Å². The van der Waals surface area contributed by atoms with Gasteiger partial charge in [-0.25, -0.2) is 0 Å². The van der Waals surface area contributed by atoms with Gasteiger partial charge in [-0.05, 0) is 117 Å². The summed E-state index contributed by atoms with van der Waals surface area (Å²) in [4.78, 5) is 87.4. The highest BCUT2D eigenvalue weighted by Crippen LogP contribution is 2.37. The zero-order valence-corrected chi connectivity index (χ0v) is 53.1. The fourth-order valence-electron chi connectivity index (χ4n) is 9.48. The second-order valence-electron chi connectivity index (χ2n) is 20.5. The summed E-state index contributed by atoms with van der Waals surface area (Å²) in [5.74, 6) is -1.79. The van der Waals surface area contributed by atoms with Crippen LogP contribution in [0, 0.1) is 27.7 Å². The minimum atomic E-state index is -0.472. The molecule has 8 N–H and O–H groups in total. The predicted octanol–water partition coefficient (Wildman–Crippen LogP) is 6.55. The largest absolute Gasteiger partial charge is 0.484 e. The Labute approximate surface area is 530 Å². The summed E-state index contributed by atoms with van der Waals surface area (Å²) in [6.45, 7) is 14.3. The van der Waals surface area contributed by atoms with Gasteiger partial charge in [0.15, 0.2) is 11.5 Å². The third-order valence-electron chi connectivity index (χ3n) is 14.7. The van der Waals surface area contributed by atoms with E-state index < -0.39 is 5.91 Å². The van der Waals surface area contributed by atoms with Crippen molar-refractivity contribution in [2.75, 3.05) is 125 Å². The van der Waals surface area contributed by atoms with Gasteiger partial charge in [0.05, 0.1) is 44.2 Å². The predicted molar refractivity (Wildman–Crippen MR) is 345 cm³/mol. The van der Waals surface area contributed by atoms with Crippen LogP contribution in [0.25, 0.3) is 0 Å². The molecule has 476 valence electrons. The summed E-state index contributed by atoms with van der Waals surface area (Å²) in [5.41, 5.74) is 12.2. The molecule has 5 aromatic carbocycles. The molecular formula is C64H88Cl3N9O11. The van der Waals surface area contributed by atoms with E-state index in [4.69, 9.17) is 29.4 Å². The second-order valence-corrected chi connectivity index (χ2v) is 20.5. The number of nitrogens with zero attached hydrogens (tertiary/aromatic N) is 2. The van der Waals surface area contributed by atoms with Crippen molar-refractivity contribution in [2.45, 2.75) is 60.2 Å². The number of hydrogen-bond donors (Lipinski definition) is 7. The van der Waals surface area contributed by atoms with Crippen molar-refractivity contribution in [3.63, 3.8) is 0 Å². The quantitative estimate of drug-likeness (QED) is 0.0306. The van der Waals surface area contributed by atoms with Crippen molar-refractivity contribution in [3.05, 3.63) is 164 Å². The third kappa shape index (κ3) is 23.6. The topological polar surface area (TPSA) is 253 Å². The molecule has 23 heteroatoms.